The molecule has 28 heavy (non-hydrogen) atoms. The lowest BCUT2D eigenvalue weighted by Crippen LogP contribution is -2.06. The van der Waals surface area contributed by atoms with Crippen molar-refractivity contribution >= 4 is 28.9 Å². The molecule has 4 N–H and O–H groups in total. The molecule has 0 fully saturated rings. The lowest BCUT2D eigenvalue weighted by atomic mass is 9.93. The summed E-state index contributed by atoms with van der Waals surface area (Å²) in [6.07, 6.45) is 9.52. The van der Waals surface area contributed by atoms with Crippen molar-refractivity contribution in [2.75, 3.05) is 5.73 Å². The van der Waals surface area contributed by atoms with E-state index >= 15 is 0 Å². The number of rotatable bonds is 8. The monoisotopic (exact) mass is 420 g/mol. The summed E-state index contributed by atoms with van der Waals surface area (Å²) in [5.74, 6) is 0. The highest BCUT2D eigenvalue weighted by Crippen LogP contribution is 2.38. The van der Waals surface area contributed by atoms with Crippen LogP contribution < -0.4 is 11.5 Å². The number of unbranched alkanes of at least 4 members (excludes halogenated alkanes) is 1. The molecule has 2 rings (SSSR count). The molecule has 0 atom stereocenters. The van der Waals surface area contributed by atoms with Gasteiger partial charge < -0.3 is 11.5 Å². The van der Waals surface area contributed by atoms with Gasteiger partial charge in [0.25, 0.3) is 0 Å². The Hall–Kier alpha value is -1.38. The zero-order chi connectivity index (χ0) is 20.8. The Kier molecular flexibility index (Phi) is 8.52. The summed E-state index contributed by atoms with van der Waals surface area (Å²) in [7, 11) is 0. The van der Waals surface area contributed by atoms with Gasteiger partial charge in [-0.1, -0.05) is 69.5 Å². The second kappa shape index (κ2) is 10.4. The zero-order valence-electron chi connectivity index (χ0n) is 17.7. The van der Waals surface area contributed by atoms with Gasteiger partial charge >= 0.3 is 0 Å². The first-order valence-corrected chi connectivity index (χ1v) is 11.3. The van der Waals surface area contributed by atoms with Crippen molar-refractivity contribution in [1.82, 2.24) is 0 Å². The molecule has 0 saturated carbocycles. The van der Waals surface area contributed by atoms with Crippen LogP contribution in [0.15, 0.2) is 39.6 Å². The fraction of sp³-hybridized carbons (Fsp3) is 0.500. The van der Waals surface area contributed by atoms with Gasteiger partial charge in [0, 0.05) is 21.4 Å². The third-order valence-electron chi connectivity index (χ3n) is 5.71. The van der Waals surface area contributed by atoms with Gasteiger partial charge in [0.05, 0.1) is 0 Å². The number of benzene rings is 1. The lowest BCUT2D eigenvalue weighted by Gasteiger charge is -2.18. The Bertz CT molecular complexity index is 816. The van der Waals surface area contributed by atoms with Crippen LogP contribution in [0, 0.1) is 0 Å². The van der Waals surface area contributed by atoms with Gasteiger partial charge in [-0.05, 0) is 78.4 Å². The molecule has 154 valence electrons. The van der Waals surface area contributed by atoms with Crippen LogP contribution in [0.1, 0.15) is 76.5 Å². The number of nitrogens with two attached hydrogens (primary N) is 2. The smallest absolute Gasteiger partial charge is 0.0493 e. The summed E-state index contributed by atoms with van der Waals surface area (Å²) in [6.45, 7) is 8.56. The van der Waals surface area contributed by atoms with E-state index in [9.17, 15) is 0 Å². The van der Waals surface area contributed by atoms with E-state index in [4.69, 9.17) is 34.7 Å². The van der Waals surface area contributed by atoms with E-state index in [-0.39, 0.29) is 0 Å². The molecule has 1 aromatic rings. The first-order chi connectivity index (χ1) is 13.4. The third kappa shape index (κ3) is 4.78. The van der Waals surface area contributed by atoms with Crippen LogP contribution in [-0.4, -0.2) is 0 Å². The average molecular weight is 421 g/mol. The van der Waals surface area contributed by atoms with Crippen molar-refractivity contribution in [3.05, 3.63) is 61.3 Å². The highest BCUT2D eigenvalue weighted by atomic mass is 35.5. The van der Waals surface area contributed by atoms with Crippen LogP contribution in [0.3, 0.4) is 0 Å². The van der Waals surface area contributed by atoms with E-state index in [1.807, 2.05) is 0 Å². The van der Waals surface area contributed by atoms with Crippen molar-refractivity contribution in [2.24, 2.45) is 5.73 Å². The van der Waals surface area contributed by atoms with Gasteiger partial charge in [0.1, 0.15) is 0 Å². The Morgan fingerprint density at radius 2 is 1.68 bits per heavy atom. The molecule has 0 spiro atoms. The number of hydrogen-bond acceptors (Lipinski definition) is 2. The minimum Gasteiger partial charge on any atom is -0.398 e. The second-order valence-electron chi connectivity index (χ2n) is 7.49. The van der Waals surface area contributed by atoms with Crippen molar-refractivity contribution < 1.29 is 0 Å². The fourth-order valence-corrected chi connectivity index (χ4v) is 4.60. The largest absolute Gasteiger partial charge is 0.398 e. The lowest BCUT2D eigenvalue weighted by molar-refractivity contribution is 0.787. The molecule has 1 aliphatic rings. The second-order valence-corrected chi connectivity index (χ2v) is 8.24. The van der Waals surface area contributed by atoms with Crippen LogP contribution in [0.25, 0.3) is 0 Å². The summed E-state index contributed by atoms with van der Waals surface area (Å²) in [6, 6.07) is 2.15. The molecular formula is C24H34Cl2N2. The Balaban J connectivity index is 2.53. The summed E-state index contributed by atoms with van der Waals surface area (Å²) >= 11 is 13.7. The van der Waals surface area contributed by atoms with Crippen LogP contribution in [-0.2, 0) is 19.3 Å². The normalized spacial score (nSPS) is 15.1. The van der Waals surface area contributed by atoms with Gasteiger partial charge in [-0.15, -0.1) is 0 Å². The Labute approximate surface area is 180 Å². The number of aryl methyl sites for hydroxylation is 1. The quantitative estimate of drug-likeness (QED) is 0.435. The van der Waals surface area contributed by atoms with Gasteiger partial charge in [-0.25, -0.2) is 0 Å². The summed E-state index contributed by atoms with van der Waals surface area (Å²) < 4.78 is 0. The van der Waals surface area contributed by atoms with Crippen molar-refractivity contribution in [3.63, 3.8) is 0 Å². The van der Waals surface area contributed by atoms with Gasteiger partial charge in [-0.2, -0.15) is 0 Å². The highest BCUT2D eigenvalue weighted by molar-refractivity contribution is 6.33. The topological polar surface area (TPSA) is 52.0 Å². The summed E-state index contributed by atoms with van der Waals surface area (Å²) in [5, 5.41) is 1.61. The standard InChI is InChI=1S/C24H34Cl2N2/c1-5-9-10-20-21(25)17(12-11-15(6-2)23(20)27)14-18-13-16(7-3)24(28)19(8-4)22(18)26/h11,13H,5-10,12,14,27-28H2,1-4H3. The van der Waals surface area contributed by atoms with E-state index in [1.165, 1.54) is 11.1 Å². The Morgan fingerprint density at radius 3 is 2.25 bits per heavy atom. The molecule has 0 saturated heterocycles. The molecule has 1 aromatic carbocycles. The van der Waals surface area contributed by atoms with E-state index in [0.29, 0.717) is 0 Å². The minimum atomic E-state index is 0.731. The predicted octanol–water partition coefficient (Wildman–Crippen LogP) is 7.23. The molecule has 1 aliphatic carbocycles. The summed E-state index contributed by atoms with van der Waals surface area (Å²) in [4.78, 5) is 0. The molecule has 0 unspecified atom stereocenters. The Morgan fingerprint density at radius 1 is 0.964 bits per heavy atom. The zero-order valence-corrected chi connectivity index (χ0v) is 19.2. The fourth-order valence-electron chi connectivity index (χ4n) is 3.91. The first-order valence-electron chi connectivity index (χ1n) is 10.5. The summed E-state index contributed by atoms with van der Waals surface area (Å²) in [5.41, 5.74) is 21.4. The van der Waals surface area contributed by atoms with Crippen molar-refractivity contribution in [2.45, 2.75) is 79.1 Å². The van der Waals surface area contributed by atoms with Gasteiger partial charge in [-0.3, -0.25) is 0 Å². The molecule has 0 radical (unpaired) electrons. The average Bonchev–Trinajstić information content (AvgIpc) is 2.79. The maximum absolute atomic E-state index is 6.93. The van der Waals surface area contributed by atoms with E-state index in [1.54, 1.807) is 0 Å². The van der Waals surface area contributed by atoms with Crippen molar-refractivity contribution in [3.8, 4) is 0 Å². The highest BCUT2D eigenvalue weighted by Gasteiger charge is 2.20. The molecule has 0 amide bonds. The van der Waals surface area contributed by atoms with E-state index in [0.717, 1.165) is 95.1 Å². The van der Waals surface area contributed by atoms with Gasteiger partial charge in [0.15, 0.2) is 0 Å². The van der Waals surface area contributed by atoms with E-state index in [2.05, 4.69) is 39.8 Å². The van der Waals surface area contributed by atoms with Crippen molar-refractivity contribution in [1.29, 1.82) is 0 Å². The minimum absolute atomic E-state index is 0.731. The number of anilines is 1. The molecule has 2 nitrogen and oxygen atoms in total. The molecule has 0 bridgehead atoms. The molecule has 0 heterocycles. The molecule has 0 aliphatic heterocycles. The van der Waals surface area contributed by atoms with E-state index < -0.39 is 0 Å². The molecular weight excluding hydrogens is 387 g/mol. The number of hydrogen-bond donors (Lipinski definition) is 2. The van der Waals surface area contributed by atoms with Crippen LogP contribution in [0.5, 0.6) is 0 Å². The third-order valence-corrected chi connectivity index (χ3v) is 6.67. The van der Waals surface area contributed by atoms with Crippen LogP contribution in [0.2, 0.25) is 5.02 Å². The number of allylic oxidation sites excluding steroid dienone is 5. The predicted molar refractivity (Wildman–Crippen MR) is 125 cm³/mol. The molecule has 4 heteroatoms. The molecule has 0 aromatic heterocycles. The maximum atomic E-state index is 6.93. The maximum Gasteiger partial charge on any atom is 0.0493 e. The SMILES string of the molecule is CCCCC1=C(N)C(CC)=CCC(Cc2cc(CC)c(N)c(CC)c2Cl)=C1Cl. The number of nitrogen functional groups attached to an aromatic ring is 1. The first kappa shape index (κ1) is 22.9. The van der Waals surface area contributed by atoms with Gasteiger partial charge in [0.2, 0.25) is 0 Å². The van der Waals surface area contributed by atoms with Crippen LogP contribution >= 0.6 is 23.2 Å². The van der Waals surface area contributed by atoms with Crippen LogP contribution in [0.4, 0.5) is 5.69 Å². The number of halogens is 2.